The Bertz CT molecular complexity index is 1270. The van der Waals surface area contributed by atoms with Crippen molar-refractivity contribution < 1.29 is 77.8 Å². The van der Waals surface area contributed by atoms with E-state index in [0.29, 0.717) is 85.7 Å². The number of ether oxygens (including phenoxy) is 9. The van der Waals surface area contributed by atoms with Crippen LogP contribution in [0.3, 0.4) is 0 Å². The van der Waals surface area contributed by atoms with Gasteiger partial charge in [0.25, 0.3) is 0 Å². The summed E-state index contributed by atoms with van der Waals surface area (Å²) in [7, 11) is 5.46. The number of likely N-dealkylation sites (N-methyl/N-ethyl adjacent to an activating group) is 1. The Morgan fingerprint density at radius 3 is 1.85 bits per heavy atom. The highest BCUT2D eigenvalue weighted by atomic mass is 16.6. The van der Waals surface area contributed by atoms with Crippen LogP contribution in [0.1, 0.15) is 30.4 Å². The van der Waals surface area contributed by atoms with Gasteiger partial charge in [-0.2, -0.15) is 0 Å². The Morgan fingerprint density at radius 2 is 1.35 bits per heavy atom. The van der Waals surface area contributed by atoms with Gasteiger partial charge in [-0.05, 0) is 50.9 Å². The second-order valence-corrected chi connectivity index (χ2v) is 13.1. The van der Waals surface area contributed by atoms with Crippen molar-refractivity contribution in [1.82, 2.24) is 4.90 Å². The standard InChI is InChI=1S/C31H49NO10.C4H6O6/c1-32-9-8-30-27-23-4-5-24(35-3)28(27)42-29(30)25(6-7-31(30,33)26(32)22-23)41-21-20-40-19-18-39-17-16-38-15-14-37-13-12-36-11-10-34-2;5-1(3(7)8)2(6)4(9)10/h4-5,25-26,29,33H,6-22H2,1-3H3;1-2,5-6H,(H,7,8)(H,9,10)/t25-,26?,29-,30-,31+;1-,2-/m00/s1. The van der Waals surface area contributed by atoms with E-state index < -0.39 is 35.2 Å². The van der Waals surface area contributed by atoms with Crippen molar-refractivity contribution >= 4 is 11.9 Å². The Labute approximate surface area is 303 Å². The number of benzene rings is 1. The smallest absolute Gasteiger partial charge is 0.335 e. The molecule has 5 N–H and O–H groups in total. The lowest BCUT2D eigenvalue weighted by atomic mass is 9.48. The van der Waals surface area contributed by atoms with Crippen molar-refractivity contribution in [2.75, 3.05) is 107 Å². The second kappa shape index (κ2) is 20.1. The third kappa shape index (κ3) is 9.51. The number of carboxylic acid groups (broad SMARTS) is 2. The van der Waals surface area contributed by atoms with E-state index >= 15 is 0 Å². The molecule has 0 aromatic heterocycles. The molecule has 1 aromatic carbocycles. The van der Waals surface area contributed by atoms with Crippen LogP contribution in [0, 0.1) is 0 Å². The summed E-state index contributed by atoms with van der Waals surface area (Å²) in [4.78, 5) is 21.9. The highest BCUT2D eigenvalue weighted by molar-refractivity contribution is 5.83. The van der Waals surface area contributed by atoms with Crippen LogP contribution in [0.2, 0.25) is 0 Å². The van der Waals surface area contributed by atoms with Crippen molar-refractivity contribution in [2.45, 2.75) is 67.2 Å². The summed E-state index contributed by atoms with van der Waals surface area (Å²) in [6.07, 6.45) is -1.81. The molecule has 0 amide bonds. The number of aliphatic hydroxyl groups excluding tert-OH is 2. The number of rotatable bonds is 23. The molecule has 17 heteroatoms. The summed E-state index contributed by atoms with van der Waals surface area (Å²) in [5.41, 5.74) is 1.09. The number of likely N-dealkylation sites (tertiary alicyclic amines) is 1. The number of aliphatic carboxylic acids is 2. The molecule has 17 nitrogen and oxygen atoms in total. The summed E-state index contributed by atoms with van der Waals surface area (Å²) >= 11 is 0. The summed E-state index contributed by atoms with van der Waals surface area (Å²) in [6, 6.07) is 4.23. The van der Waals surface area contributed by atoms with Gasteiger partial charge >= 0.3 is 11.9 Å². The highest BCUT2D eigenvalue weighted by Crippen LogP contribution is 2.65. The number of carbonyl (C=O) groups is 2. The summed E-state index contributed by atoms with van der Waals surface area (Å²) in [5, 5.41) is 44.8. The van der Waals surface area contributed by atoms with E-state index in [9.17, 15) is 14.7 Å². The van der Waals surface area contributed by atoms with Crippen LogP contribution in [-0.4, -0.2) is 186 Å². The van der Waals surface area contributed by atoms with Crippen LogP contribution in [0.4, 0.5) is 0 Å². The topological polar surface area (TPSA) is 222 Å². The van der Waals surface area contributed by atoms with Crippen molar-refractivity contribution in [2.24, 2.45) is 0 Å². The minimum atomic E-state index is -2.27. The largest absolute Gasteiger partial charge is 0.493 e. The highest BCUT2D eigenvalue weighted by Gasteiger charge is 2.72. The molecule has 296 valence electrons. The Balaban J connectivity index is 0.000000530. The van der Waals surface area contributed by atoms with Gasteiger partial charge in [0.15, 0.2) is 23.7 Å². The first kappa shape index (κ1) is 42.1. The predicted octanol–water partition coefficient (Wildman–Crippen LogP) is -0.529. The number of nitrogens with zero attached hydrogens (tertiary/aromatic N) is 1. The molecule has 4 aliphatic rings. The van der Waals surface area contributed by atoms with Crippen molar-refractivity contribution in [3.05, 3.63) is 23.3 Å². The average molecular weight is 746 g/mol. The second-order valence-electron chi connectivity index (χ2n) is 13.1. The van der Waals surface area contributed by atoms with E-state index in [2.05, 4.69) is 18.0 Å². The van der Waals surface area contributed by atoms with Crippen molar-refractivity contribution in [3.63, 3.8) is 0 Å². The molecule has 1 saturated heterocycles. The van der Waals surface area contributed by atoms with Crippen LogP contribution in [0.5, 0.6) is 11.5 Å². The molecule has 0 radical (unpaired) electrons. The number of piperidine rings is 1. The number of hydrogen-bond acceptors (Lipinski definition) is 15. The van der Waals surface area contributed by atoms with E-state index in [4.69, 9.17) is 63.1 Å². The molecule has 52 heavy (non-hydrogen) atoms. The quantitative estimate of drug-likeness (QED) is 0.0889. The fraction of sp³-hybridized carbons (Fsp3) is 0.771. The van der Waals surface area contributed by atoms with Gasteiger partial charge in [-0.25, -0.2) is 9.59 Å². The minimum absolute atomic E-state index is 0.0728. The van der Waals surface area contributed by atoms with Crippen LogP contribution in [0.15, 0.2) is 12.1 Å². The Kier molecular flexibility index (Phi) is 16.3. The molecule has 5 rings (SSSR count). The average Bonchev–Trinajstić information content (AvgIpc) is 3.49. The molecule has 1 unspecified atom stereocenters. The molecule has 1 spiro atoms. The monoisotopic (exact) mass is 745 g/mol. The van der Waals surface area contributed by atoms with E-state index in [1.165, 1.54) is 5.56 Å². The summed E-state index contributed by atoms with van der Waals surface area (Å²) < 4.78 is 51.3. The fourth-order valence-corrected chi connectivity index (χ4v) is 7.68. The van der Waals surface area contributed by atoms with Gasteiger partial charge < -0.3 is 73.1 Å². The van der Waals surface area contributed by atoms with Gasteiger partial charge in [-0.3, -0.25) is 0 Å². The molecular formula is C35H55NO16. The Hall–Kier alpha value is -2.68. The van der Waals surface area contributed by atoms with E-state index in [1.54, 1.807) is 14.2 Å². The lowest BCUT2D eigenvalue weighted by Gasteiger charge is -2.63. The van der Waals surface area contributed by atoms with Crippen LogP contribution >= 0.6 is 0 Å². The SMILES string of the molecule is COCCOCCOCCOCCOCCOCCO[C@H]1CC[C@@]2(O)C3Cc4ccc(OC)c5c4[C@@]2(CCN3C)[C@H]1O5.O=C(O)[C@@H](O)[C@H](O)C(=O)O. The number of aliphatic hydroxyl groups is 3. The number of carboxylic acids is 2. The normalized spacial score (nSPS) is 26.8. The third-order valence-corrected chi connectivity index (χ3v) is 10.2. The van der Waals surface area contributed by atoms with Gasteiger partial charge in [0, 0.05) is 18.7 Å². The first-order valence-corrected chi connectivity index (χ1v) is 17.6. The molecule has 2 bridgehead atoms. The predicted molar refractivity (Wildman–Crippen MR) is 181 cm³/mol. The summed E-state index contributed by atoms with van der Waals surface area (Å²) in [5.74, 6) is -2.01. The van der Waals surface area contributed by atoms with E-state index in [-0.39, 0.29) is 18.2 Å². The fourth-order valence-electron chi connectivity index (χ4n) is 7.68. The maximum atomic E-state index is 12.3. The van der Waals surface area contributed by atoms with Crippen molar-refractivity contribution in [1.29, 1.82) is 0 Å². The van der Waals surface area contributed by atoms with Crippen LogP contribution in [-0.2, 0) is 54.6 Å². The summed E-state index contributed by atoms with van der Waals surface area (Å²) in [6.45, 7) is 7.19. The molecule has 1 saturated carbocycles. The third-order valence-electron chi connectivity index (χ3n) is 10.2. The van der Waals surface area contributed by atoms with Gasteiger partial charge in [-0.15, -0.1) is 0 Å². The van der Waals surface area contributed by atoms with Gasteiger partial charge in [0.1, 0.15) is 6.10 Å². The molecule has 2 aliphatic carbocycles. The molecule has 2 heterocycles. The first-order valence-electron chi connectivity index (χ1n) is 17.6. The zero-order valence-corrected chi connectivity index (χ0v) is 30.2. The van der Waals surface area contributed by atoms with E-state index in [1.807, 2.05) is 6.07 Å². The maximum Gasteiger partial charge on any atom is 0.335 e. The van der Waals surface area contributed by atoms with Gasteiger partial charge in [0.05, 0.1) is 104 Å². The minimum Gasteiger partial charge on any atom is -0.493 e. The first-order chi connectivity index (χ1) is 25.0. The molecule has 7 atom stereocenters. The zero-order chi connectivity index (χ0) is 37.7. The lowest BCUT2D eigenvalue weighted by molar-refractivity contribution is -0.213. The van der Waals surface area contributed by atoms with Gasteiger partial charge in [-0.1, -0.05) is 6.07 Å². The van der Waals surface area contributed by atoms with E-state index in [0.717, 1.165) is 42.9 Å². The van der Waals surface area contributed by atoms with Gasteiger partial charge in [0.2, 0.25) is 0 Å². The maximum absolute atomic E-state index is 12.3. The number of hydrogen-bond donors (Lipinski definition) is 5. The molecule has 2 fully saturated rings. The van der Waals surface area contributed by atoms with Crippen LogP contribution < -0.4 is 9.47 Å². The lowest BCUT2D eigenvalue weighted by Crippen LogP contribution is -2.76. The molecule has 1 aromatic rings. The zero-order valence-electron chi connectivity index (χ0n) is 30.2. The van der Waals surface area contributed by atoms with Crippen molar-refractivity contribution in [3.8, 4) is 11.5 Å². The number of methoxy groups -OCH3 is 2. The van der Waals surface area contributed by atoms with Crippen LogP contribution in [0.25, 0.3) is 0 Å². The Morgan fingerprint density at radius 1 is 0.827 bits per heavy atom. The molecule has 2 aliphatic heterocycles. The molecular weight excluding hydrogens is 690 g/mol.